The van der Waals surface area contributed by atoms with E-state index in [1.165, 1.54) is 19.3 Å². The molecule has 0 aromatic heterocycles. The molecule has 0 bridgehead atoms. The Bertz CT molecular complexity index is 358. The number of rotatable bonds is 5. The van der Waals surface area contributed by atoms with Gasteiger partial charge in [-0.15, -0.1) is 0 Å². The van der Waals surface area contributed by atoms with Crippen LogP contribution in [0.25, 0.3) is 0 Å². The molecule has 0 fully saturated rings. The van der Waals surface area contributed by atoms with E-state index < -0.39 is 18.8 Å². The SMILES string of the molecule is C=C/C(=C\C(=C)B(O)OC)NC(=O)OC(C)(C)C. The maximum atomic E-state index is 11.5. The molecule has 2 N–H and O–H groups in total. The van der Waals surface area contributed by atoms with Gasteiger partial charge in [0.25, 0.3) is 0 Å². The number of allylic oxidation sites excluding steroid dienone is 3. The van der Waals surface area contributed by atoms with Gasteiger partial charge in [-0.25, -0.2) is 4.79 Å². The molecule has 1 amide bonds. The van der Waals surface area contributed by atoms with Crippen LogP contribution >= 0.6 is 0 Å². The summed E-state index contributed by atoms with van der Waals surface area (Å²) in [7, 11) is 0.221. The highest BCUT2D eigenvalue weighted by Crippen LogP contribution is 2.08. The highest BCUT2D eigenvalue weighted by atomic mass is 16.6. The van der Waals surface area contributed by atoms with Gasteiger partial charge in [-0.2, -0.15) is 0 Å². The van der Waals surface area contributed by atoms with Crippen LogP contribution in [0.3, 0.4) is 0 Å². The molecule has 0 saturated carbocycles. The first kappa shape index (κ1) is 16.5. The highest BCUT2D eigenvalue weighted by molar-refractivity contribution is 6.53. The van der Waals surface area contributed by atoms with Gasteiger partial charge in [0.2, 0.25) is 0 Å². The summed E-state index contributed by atoms with van der Waals surface area (Å²) in [6.07, 6.45) is 2.26. The normalized spacial score (nSPS) is 11.7. The number of amides is 1. The zero-order valence-corrected chi connectivity index (χ0v) is 11.3. The summed E-state index contributed by atoms with van der Waals surface area (Å²) < 4.78 is 9.75. The van der Waals surface area contributed by atoms with E-state index in [1.54, 1.807) is 20.8 Å². The van der Waals surface area contributed by atoms with Crippen molar-refractivity contribution in [1.82, 2.24) is 5.32 Å². The fourth-order valence-corrected chi connectivity index (χ4v) is 0.990. The van der Waals surface area contributed by atoms with Crippen LogP contribution in [0.5, 0.6) is 0 Å². The number of alkyl carbamates (subject to hydrolysis) is 1. The predicted octanol–water partition coefficient (Wildman–Crippen LogP) is 1.80. The molecule has 0 aliphatic carbocycles. The Morgan fingerprint density at radius 2 is 2.00 bits per heavy atom. The smallest absolute Gasteiger partial charge is 0.444 e. The minimum atomic E-state index is -1.12. The van der Waals surface area contributed by atoms with Crippen molar-refractivity contribution in [2.45, 2.75) is 26.4 Å². The van der Waals surface area contributed by atoms with Crippen LogP contribution < -0.4 is 5.32 Å². The van der Waals surface area contributed by atoms with E-state index in [0.29, 0.717) is 11.2 Å². The Balaban J connectivity index is 4.62. The molecule has 0 heterocycles. The van der Waals surface area contributed by atoms with Gasteiger partial charge >= 0.3 is 13.2 Å². The molecule has 0 saturated heterocycles. The monoisotopic (exact) mass is 253 g/mol. The van der Waals surface area contributed by atoms with Crippen LogP contribution in [0.1, 0.15) is 20.8 Å². The van der Waals surface area contributed by atoms with Gasteiger partial charge in [0.1, 0.15) is 5.60 Å². The molecule has 0 spiro atoms. The summed E-state index contributed by atoms with van der Waals surface area (Å²) in [5, 5.41) is 11.8. The van der Waals surface area contributed by atoms with E-state index >= 15 is 0 Å². The number of carbonyl (C=O) groups is 1. The van der Waals surface area contributed by atoms with E-state index in [2.05, 4.69) is 23.1 Å². The molecule has 0 aliphatic rings. The van der Waals surface area contributed by atoms with E-state index in [-0.39, 0.29) is 0 Å². The number of carbonyl (C=O) groups excluding carboxylic acids is 1. The average molecular weight is 253 g/mol. The van der Waals surface area contributed by atoms with Crippen molar-refractivity contribution >= 4 is 13.2 Å². The van der Waals surface area contributed by atoms with Crippen LogP contribution in [0.4, 0.5) is 4.79 Å². The molecule has 0 aliphatic heterocycles. The van der Waals surface area contributed by atoms with Crippen LogP contribution in [0.15, 0.2) is 36.5 Å². The van der Waals surface area contributed by atoms with E-state index in [0.717, 1.165) is 0 Å². The minimum Gasteiger partial charge on any atom is -0.444 e. The lowest BCUT2D eigenvalue weighted by Crippen LogP contribution is -2.32. The summed E-state index contributed by atoms with van der Waals surface area (Å²) in [4.78, 5) is 11.5. The quantitative estimate of drug-likeness (QED) is 0.579. The molecule has 0 radical (unpaired) electrons. The molecule has 0 unspecified atom stereocenters. The first-order chi connectivity index (χ1) is 8.19. The zero-order valence-electron chi connectivity index (χ0n) is 11.3. The Kier molecular flexibility index (Phi) is 6.44. The van der Waals surface area contributed by atoms with Gasteiger partial charge in [-0.3, -0.25) is 5.32 Å². The van der Waals surface area contributed by atoms with E-state index in [1.807, 2.05) is 0 Å². The molecule has 6 heteroatoms. The van der Waals surface area contributed by atoms with Crippen molar-refractivity contribution in [2.24, 2.45) is 0 Å². The summed E-state index contributed by atoms with van der Waals surface area (Å²) in [5.41, 5.74) is 0.0770. The fourth-order valence-electron chi connectivity index (χ4n) is 0.990. The second kappa shape index (κ2) is 7.03. The second-order valence-electron chi connectivity index (χ2n) is 4.59. The summed E-state index contributed by atoms with van der Waals surface area (Å²) >= 11 is 0. The lowest BCUT2D eigenvalue weighted by molar-refractivity contribution is 0.0548. The zero-order chi connectivity index (χ0) is 14.3. The Hall–Kier alpha value is -1.53. The highest BCUT2D eigenvalue weighted by Gasteiger charge is 2.17. The van der Waals surface area contributed by atoms with Crippen molar-refractivity contribution in [3.63, 3.8) is 0 Å². The van der Waals surface area contributed by atoms with Gasteiger partial charge in [-0.05, 0) is 38.4 Å². The standard InChI is InChI=1S/C12H20BNO4/c1-7-10(8-9(2)13(16)17-6)14-11(15)18-12(3,4)5/h7-8,16H,1-2H2,3-6H3,(H,14,15)/b10-8+. The largest absolute Gasteiger partial charge is 0.490 e. The third-order valence-electron chi connectivity index (χ3n) is 1.75. The van der Waals surface area contributed by atoms with Crippen molar-refractivity contribution in [2.75, 3.05) is 7.11 Å². The second-order valence-corrected chi connectivity index (χ2v) is 4.59. The van der Waals surface area contributed by atoms with Crippen molar-refractivity contribution in [1.29, 1.82) is 0 Å². The van der Waals surface area contributed by atoms with Crippen LogP contribution in [0.2, 0.25) is 0 Å². The molecule has 100 valence electrons. The fraction of sp³-hybridized carbons (Fsp3) is 0.417. The van der Waals surface area contributed by atoms with Gasteiger partial charge in [0, 0.05) is 12.8 Å². The minimum absolute atomic E-state index is 0.295. The third kappa shape index (κ3) is 6.93. The van der Waals surface area contributed by atoms with E-state index in [4.69, 9.17) is 4.74 Å². The number of hydrogen-bond acceptors (Lipinski definition) is 4. The maximum absolute atomic E-state index is 11.5. The van der Waals surface area contributed by atoms with Crippen LogP contribution in [-0.4, -0.2) is 30.9 Å². The van der Waals surface area contributed by atoms with Crippen molar-refractivity contribution in [3.05, 3.63) is 36.5 Å². The molecular weight excluding hydrogens is 233 g/mol. The number of hydrogen-bond donors (Lipinski definition) is 2. The molecule has 0 aromatic carbocycles. The third-order valence-corrected chi connectivity index (χ3v) is 1.75. The van der Waals surface area contributed by atoms with Crippen molar-refractivity contribution < 1.29 is 19.2 Å². The predicted molar refractivity (Wildman–Crippen MR) is 71.8 cm³/mol. The average Bonchev–Trinajstić information content (AvgIpc) is 2.24. The Labute approximate surface area is 108 Å². The van der Waals surface area contributed by atoms with Gasteiger partial charge < -0.3 is 14.4 Å². The molecular formula is C12H20BNO4. The molecule has 5 nitrogen and oxygen atoms in total. The molecule has 18 heavy (non-hydrogen) atoms. The summed E-state index contributed by atoms with van der Waals surface area (Å²) in [6.45, 7) is 12.4. The van der Waals surface area contributed by atoms with E-state index in [9.17, 15) is 9.82 Å². The molecule has 0 aromatic rings. The van der Waals surface area contributed by atoms with Gasteiger partial charge in [0.05, 0.1) is 0 Å². The maximum Gasteiger partial charge on any atom is 0.490 e. The lowest BCUT2D eigenvalue weighted by Gasteiger charge is -2.20. The van der Waals surface area contributed by atoms with Crippen LogP contribution in [-0.2, 0) is 9.39 Å². The van der Waals surface area contributed by atoms with Crippen LogP contribution in [0, 0.1) is 0 Å². The topological polar surface area (TPSA) is 67.8 Å². The Morgan fingerprint density at radius 3 is 2.39 bits per heavy atom. The summed E-state index contributed by atoms with van der Waals surface area (Å²) in [6, 6.07) is 0. The summed E-state index contributed by atoms with van der Waals surface area (Å²) in [5.74, 6) is 0. The van der Waals surface area contributed by atoms with Crippen molar-refractivity contribution in [3.8, 4) is 0 Å². The van der Waals surface area contributed by atoms with Gasteiger partial charge in [0.15, 0.2) is 0 Å². The first-order valence-electron chi connectivity index (χ1n) is 5.43. The Morgan fingerprint density at radius 1 is 1.44 bits per heavy atom. The molecule has 0 atom stereocenters. The first-order valence-corrected chi connectivity index (χ1v) is 5.43. The number of ether oxygens (including phenoxy) is 1. The number of nitrogens with one attached hydrogen (secondary N) is 1. The van der Waals surface area contributed by atoms with Gasteiger partial charge in [-0.1, -0.05) is 13.2 Å². The lowest BCUT2D eigenvalue weighted by atomic mass is 9.79. The molecule has 0 rings (SSSR count).